The molecule has 1 aromatic carbocycles. The minimum absolute atomic E-state index is 0.0679. The standard InChI is InChI=1S/C15H19BrN2O2/c1-11(2)14(16)15(19)18-12-6-5-7-13(10-12)20-9-4-3-8-17/h5-7,10-11,14H,3-4,9H2,1-2H3,(H,18,19). The van der Waals surface area contributed by atoms with E-state index in [1.807, 2.05) is 32.0 Å². The van der Waals surface area contributed by atoms with Crippen molar-refractivity contribution in [1.82, 2.24) is 0 Å². The number of nitrogens with one attached hydrogen (secondary N) is 1. The molecular formula is C15H19BrN2O2. The number of nitriles is 1. The predicted molar refractivity (Wildman–Crippen MR) is 83.0 cm³/mol. The summed E-state index contributed by atoms with van der Waals surface area (Å²) in [5.74, 6) is 0.846. The second-order valence-corrected chi connectivity index (χ2v) is 5.76. The lowest BCUT2D eigenvalue weighted by atomic mass is 10.1. The Morgan fingerprint density at radius 2 is 2.25 bits per heavy atom. The topological polar surface area (TPSA) is 62.1 Å². The molecule has 5 heteroatoms. The molecule has 0 aliphatic rings. The Labute approximate surface area is 128 Å². The number of hydrogen-bond acceptors (Lipinski definition) is 3. The molecule has 0 heterocycles. The first kappa shape index (κ1) is 16.5. The van der Waals surface area contributed by atoms with Crippen LogP contribution in [0, 0.1) is 17.2 Å². The molecule has 0 fully saturated rings. The second kappa shape index (κ2) is 8.60. The van der Waals surface area contributed by atoms with E-state index in [1.54, 1.807) is 6.07 Å². The third-order valence-electron chi connectivity index (χ3n) is 2.64. The van der Waals surface area contributed by atoms with Gasteiger partial charge in [0.1, 0.15) is 5.75 Å². The largest absolute Gasteiger partial charge is 0.493 e. The number of carbonyl (C=O) groups excluding carboxylic acids is 1. The zero-order chi connectivity index (χ0) is 15.0. The van der Waals surface area contributed by atoms with Gasteiger partial charge in [0, 0.05) is 18.2 Å². The molecule has 4 nitrogen and oxygen atoms in total. The van der Waals surface area contributed by atoms with Gasteiger partial charge in [-0.2, -0.15) is 5.26 Å². The van der Waals surface area contributed by atoms with E-state index < -0.39 is 0 Å². The van der Waals surface area contributed by atoms with Crippen molar-refractivity contribution in [1.29, 1.82) is 5.26 Å². The van der Waals surface area contributed by atoms with Crippen LogP contribution in [0.1, 0.15) is 26.7 Å². The quantitative estimate of drug-likeness (QED) is 0.608. The van der Waals surface area contributed by atoms with E-state index in [4.69, 9.17) is 10.00 Å². The molecule has 1 amide bonds. The highest BCUT2D eigenvalue weighted by atomic mass is 79.9. The Balaban J connectivity index is 2.55. The number of hydrogen-bond donors (Lipinski definition) is 1. The van der Waals surface area contributed by atoms with Crippen LogP contribution < -0.4 is 10.1 Å². The summed E-state index contributed by atoms with van der Waals surface area (Å²) in [5, 5.41) is 11.3. The minimum Gasteiger partial charge on any atom is -0.493 e. The molecule has 0 saturated heterocycles. The molecule has 1 rings (SSSR count). The summed E-state index contributed by atoms with van der Waals surface area (Å²) in [6.45, 7) is 4.46. The highest BCUT2D eigenvalue weighted by Crippen LogP contribution is 2.20. The molecule has 1 aromatic rings. The number of nitrogens with zero attached hydrogens (tertiary/aromatic N) is 1. The van der Waals surface area contributed by atoms with E-state index in [1.165, 1.54) is 0 Å². The van der Waals surface area contributed by atoms with Gasteiger partial charge in [0.25, 0.3) is 0 Å². The molecule has 0 aliphatic heterocycles. The van der Waals surface area contributed by atoms with Crippen molar-refractivity contribution in [2.24, 2.45) is 5.92 Å². The molecule has 1 atom stereocenters. The molecule has 1 unspecified atom stereocenters. The van der Waals surface area contributed by atoms with Crippen molar-refractivity contribution in [3.8, 4) is 11.8 Å². The summed E-state index contributed by atoms with van der Waals surface area (Å²) in [5.41, 5.74) is 0.706. The maximum Gasteiger partial charge on any atom is 0.238 e. The zero-order valence-corrected chi connectivity index (χ0v) is 13.3. The molecule has 0 aromatic heterocycles. The monoisotopic (exact) mass is 338 g/mol. The lowest BCUT2D eigenvalue weighted by molar-refractivity contribution is -0.116. The fraction of sp³-hybridized carbons (Fsp3) is 0.467. The SMILES string of the molecule is CC(C)C(Br)C(=O)Nc1cccc(OCCCC#N)c1. The normalized spacial score (nSPS) is 11.8. The molecule has 108 valence electrons. The number of halogens is 1. The third kappa shape index (κ3) is 5.62. The maximum atomic E-state index is 11.9. The Hall–Kier alpha value is -1.54. The number of anilines is 1. The van der Waals surface area contributed by atoms with Gasteiger partial charge in [0.05, 0.1) is 17.5 Å². The van der Waals surface area contributed by atoms with E-state index in [-0.39, 0.29) is 16.7 Å². The van der Waals surface area contributed by atoms with Crippen LogP contribution in [0.5, 0.6) is 5.75 Å². The van der Waals surface area contributed by atoms with E-state index in [2.05, 4.69) is 27.3 Å². The van der Waals surface area contributed by atoms with Crippen molar-refractivity contribution in [2.45, 2.75) is 31.5 Å². The highest BCUT2D eigenvalue weighted by molar-refractivity contribution is 9.10. The van der Waals surface area contributed by atoms with E-state index >= 15 is 0 Å². The van der Waals surface area contributed by atoms with Gasteiger partial charge >= 0.3 is 0 Å². The van der Waals surface area contributed by atoms with E-state index in [0.29, 0.717) is 30.9 Å². The number of unbranched alkanes of at least 4 members (excludes halogenated alkanes) is 1. The first-order chi connectivity index (χ1) is 9.54. The molecule has 0 radical (unpaired) electrons. The first-order valence-electron chi connectivity index (χ1n) is 6.59. The van der Waals surface area contributed by atoms with Gasteiger partial charge < -0.3 is 10.1 Å². The van der Waals surface area contributed by atoms with Crippen LogP contribution in [0.4, 0.5) is 5.69 Å². The predicted octanol–water partition coefficient (Wildman–Crippen LogP) is 3.73. The van der Waals surface area contributed by atoms with Crippen LogP contribution in [0.25, 0.3) is 0 Å². The highest BCUT2D eigenvalue weighted by Gasteiger charge is 2.18. The van der Waals surface area contributed by atoms with E-state index in [0.717, 1.165) is 0 Å². The van der Waals surface area contributed by atoms with Gasteiger partial charge in [-0.1, -0.05) is 35.8 Å². The number of alkyl halides is 1. The van der Waals surface area contributed by atoms with Crippen molar-refractivity contribution in [3.05, 3.63) is 24.3 Å². The Morgan fingerprint density at radius 1 is 1.50 bits per heavy atom. The van der Waals surface area contributed by atoms with Crippen LogP contribution in [0.3, 0.4) is 0 Å². The van der Waals surface area contributed by atoms with Crippen LogP contribution in [-0.2, 0) is 4.79 Å². The molecule has 0 spiro atoms. The van der Waals surface area contributed by atoms with Crippen LogP contribution in [0.2, 0.25) is 0 Å². The van der Waals surface area contributed by atoms with E-state index in [9.17, 15) is 4.79 Å². The number of carbonyl (C=O) groups is 1. The number of amides is 1. The second-order valence-electron chi connectivity index (χ2n) is 4.77. The summed E-state index contributed by atoms with van der Waals surface area (Å²) >= 11 is 3.37. The first-order valence-corrected chi connectivity index (χ1v) is 7.51. The molecule has 0 saturated carbocycles. The third-order valence-corrected chi connectivity index (χ3v) is 4.11. The molecule has 20 heavy (non-hydrogen) atoms. The lowest BCUT2D eigenvalue weighted by Crippen LogP contribution is -2.26. The van der Waals surface area contributed by atoms with Crippen LogP contribution >= 0.6 is 15.9 Å². The average Bonchev–Trinajstić information content (AvgIpc) is 2.43. The summed E-state index contributed by atoms with van der Waals surface area (Å²) in [6, 6.07) is 9.33. The van der Waals surface area contributed by atoms with Crippen molar-refractivity contribution >= 4 is 27.5 Å². The van der Waals surface area contributed by atoms with Gasteiger partial charge in [-0.3, -0.25) is 4.79 Å². The van der Waals surface area contributed by atoms with Crippen molar-refractivity contribution in [2.75, 3.05) is 11.9 Å². The summed E-state index contributed by atoms with van der Waals surface area (Å²) < 4.78 is 5.52. The molecule has 1 N–H and O–H groups in total. The number of rotatable bonds is 7. The Kier molecular flexibility index (Phi) is 7.10. The average molecular weight is 339 g/mol. The van der Waals surface area contributed by atoms with Gasteiger partial charge in [0.2, 0.25) is 5.91 Å². The summed E-state index contributed by atoms with van der Waals surface area (Å²) in [4.78, 5) is 11.7. The number of ether oxygens (including phenoxy) is 1. The smallest absolute Gasteiger partial charge is 0.238 e. The van der Waals surface area contributed by atoms with Gasteiger partial charge in [-0.25, -0.2) is 0 Å². The van der Waals surface area contributed by atoms with Crippen molar-refractivity contribution in [3.63, 3.8) is 0 Å². The Morgan fingerprint density at radius 3 is 2.90 bits per heavy atom. The van der Waals surface area contributed by atoms with Gasteiger partial charge in [-0.15, -0.1) is 0 Å². The maximum absolute atomic E-state index is 11.9. The van der Waals surface area contributed by atoms with Crippen LogP contribution in [-0.4, -0.2) is 17.3 Å². The zero-order valence-electron chi connectivity index (χ0n) is 11.7. The van der Waals surface area contributed by atoms with Gasteiger partial charge in [-0.05, 0) is 24.5 Å². The molecule has 0 bridgehead atoms. The summed E-state index contributed by atoms with van der Waals surface area (Å²) in [7, 11) is 0. The van der Waals surface area contributed by atoms with Gasteiger partial charge in [0.15, 0.2) is 0 Å². The fourth-order valence-corrected chi connectivity index (χ4v) is 1.63. The number of benzene rings is 1. The van der Waals surface area contributed by atoms with Crippen molar-refractivity contribution < 1.29 is 9.53 Å². The van der Waals surface area contributed by atoms with Crippen LogP contribution in [0.15, 0.2) is 24.3 Å². The Bertz CT molecular complexity index is 483. The fourth-order valence-electron chi connectivity index (χ4n) is 1.52. The lowest BCUT2D eigenvalue weighted by Gasteiger charge is -2.14. The molecular weight excluding hydrogens is 320 g/mol. The summed E-state index contributed by atoms with van der Waals surface area (Å²) in [6.07, 6.45) is 1.18. The molecule has 0 aliphatic carbocycles. The minimum atomic E-state index is -0.220.